The summed E-state index contributed by atoms with van der Waals surface area (Å²) in [6, 6.07) is 4.96. The smallest absolute Gasteiger partial charge is 0.335 e. The van der Waals surface area contributed by atoms with Gasteiger partial charge in [-0.2, -0.15) is 13.2 Å². The Kier molecular flexibility index (Phi) is 4.48. The summed E-state index contributed by atoms with van der Waals surface area (Å²) in [6.45, 7) is 2.05. The zero-order valence-corrected chi connectivity index (χ0v) is 12.7. The number of anilines is 1. The van der Waals surface area contributed by atoms with E-state index < -0.39 is 17.8 Å². The Morgan fingerprint density at radius 1 is 1.17 bits per heavy atom. The van der Waals surface area contributed by atoms with Crippen molar-refractivity contribution < 1.29 is 18.0 Å². The molecule has 2 fully saturated rings. The van der Waals surface area contributed by atoms with Crippen LogP contribution in [-0.2, 0) is 6.18 Å². The number of benzene rings is 1. The number of para-hydroxylation sites is 1. The second-order valence-corrected chi connectivity index (χ2v) is 6.20. The molecule has 2 atom stereocenters. The first-order valence-electron chi connectivity index (χ1n) is 7.91. The van der Waals surface area contributed by atoms with Crippen LogP contribution in [0.15, 0.2) is 24.3 Å². The summed E-state index contributed by atoms with van der Waals surface area (Å²) in [4.78, 5) is 14.5. The quantitative estimate of drug-likeness (QED) is 0.874. The summed E-state index contributed by atoms with van der Waals surface area (Å²) in [6.07, 6.45) is -0.461. The van der Waals surface area contributed by atoms with Crippen molar-refractivity contribution >= 4 is 11.7 Å². The van der Waals surface area contributed by atoms with Crippen LogP contribution in [0.2, 0.25) is 0 Å². The highest BCUT2D eigenvalue weighted by Crippen LogP contribution is 2.34. The zero-order chi connectivity index (χ0) is 16.4. The number of carbonyl (C=O) groups is 1. The molecule has 2 aliphatic rings. The average Bonchev–Trinajstić information content (AvgIpc) is 2.94. The van der Waals surface area contributed by atoms with Gasteiger partial charge in [0.2, 0.25) is 0 Å². The van der Waals surface area contributed by atoms with Gasteiger partial charge in [0.25, 0.3) is 0 Å². The number of alkyl halides is 3. The molecule has 1 aromatic rings. The molecule has 0 aliphatic carbocycles. The van der Waals surface area contributed by atoms with E-state index >= 15 is 0 Å². The molecular weight excluding hydrogens is 307 g/mol. The Morgan fingerprint density at radius 2 is 1.96 bits per heavy atom. The number of carbonyl (C=O) groups excluding carboxylic acids is 1. The molecular formula is C16H20F3N3O. The summed E-state index contributed by atoms with van der Waals surface area (Å²) in [5.74, 6) is 0. The number of nitrogens with zero attached hydrogens (tertiary/aromatic N) is 1. The van der Waals surface area contributed by atoms with Crippen LogP contribution in [0.25, 0.3) is 0 Å². The van der Waals surface area contributed by atoms with Gasteiger partial charge in [0, 0.05) is 18.6 Å². The number of rotatable bonds is 2. The highest BCUT2D eigenvalue weighted by molar-refractivity contribution is 5.90. The predicted molar refractivity (Wildman–Crippen MR) is 81.2 cm³/mol. The first kappa shape index (κ1) is 16.1. The lowest BCUT2D eigenvalue weighted by atomic mass is 9.98. The molecule has 23 heavy (non-hydrogen) atoms. The summed E-state index contributed by atoms with van der Waals surface area (Å²) < 4.78 is 38.8. The molecule has 3 rings (SSSR count). The van der Waals surface area contributed by atoms with Gasteiger partial charge in [-0.1, -0.05) is 12.1 Å². The van der Waals surface area contributed by atoms with E-state index in [1.54, 1.807) is 0 Å². The van der Waals surface area contributed by atoms with E-state index in [9.17, 15) is 18.0 Å². The van der Waals surface area contributed by atoms with Gasteiger partial charge in [0.05, 0.1) is 11.3 Å². The molecule has 7 heteroatoms. The second kappa shape index (κ2) is 6.39. The van der Waals surface area contributed by atoms with Gasteiger partial charge in [0.1, 0.15) is 0 Å². The minimum absolute atomic E-state index is 0.0207. The Bertz CT molecular complexity index is 576. The Balaban J connectivity index is 1.60. The molecule has 2 N–H and O–H groups in total. The van der Waals surface area contributed by atoms with Crippen LogP contribution in [0, 0.1) is 0 Å². The molecule has 0 aromatic heterocycles. The lowest BCUT2D eigenvalue weighted by Gasteiger charge is -2.35. The number of hydrogen-bond acceptors (Lipinski definition) is 2. The van der Waals surface area contributed by atoms with Gasteiger partial charge >= 0.3 is 12.2 Å². The largest absolute Gasteiger partial charge is 0.418 e. The van der Waals surface area contributed by atoms with E-state index in [4.69, 9.17) is 0 Å². The molecule has 2 aliphatic heterocycles. The van der Waals surface area contributed by atoms with E-state index in [1.165, 1.54) is 24.6 Å². The van der Waals surface area contributed by atoms with Crippen LogP contribution in [0.1, 0.15) is 31.2 Å². The minimum atomic E-state index is -4.49. The van der Waals surface area contributed by atoms with E-state index in [1.807, 2.05) is 0 Å². The van der Waals surface area contributed by atoms with Crippen molar-refractivity contribution in [3.05, 3.63) is 29.8 Å². The van der Waals surface area contributed by atoms with Crippen LogP contribution >= 0.6 is 0 Å². The molecule has 0 bridgehead atoms. The molecule has 0 radical (unpaired) electrons. The van der Waals surface area contributed by atoms with Gasteiger partial charge in [-0.25, -0.2) is 4.79 Å². The molecule has 2 saturated heterocycles. The number of hydrogen-bond donors (Lipinski definition) is 2. The third-order valence-corrected chi connectivity index (χ3v) is 4.64. The number of piperidine rings is 1. The molecule has 2 heterocycles. The fourth-order valence-corrected chi connectivity index (χ4v) is 3.54. The predicted octanol–water partition coefficient (Wildman–Crippen LogP) is 3.45. The van der Waals surface area contributed by atoms with Crippen LogP contribution in [0.3, 0.4) is 0 Å². The minimum Gasteiger partial charge on any atom is -0.335 e. The summed E-state index contributed by atoms with van der Waals surface area (Å²) >= 11 is 0. The van der Waals surface area contributed by atoms with Crippen LogP contribution in [-0.4, -0.2) is 36.1 Å². The summed E-state index contributed by atoms with van der Waals surface area (Å²) in [5.41, 5.74) is -1.04. The first-order valence-corrected chi connectivity index (χ1v) is 7.91. The molecule has 2 amide bonds. The van der Waals surface area contributed by atoms with Gasteiger partial charge in [-0.15, -0.1) is 0 Å². The normalized spacial score (nSPS) is 25.0. The first-order chi connectivity index (χ1) is 10.9. The van der Waals surface area contributed by atoms with Crippen molar-refractivity contribution in [3.63, 3.8) is 0 Å². The third-order valence-electron chi connectivity index (χ3n) is 4.64. The maximum absolute atomic E-state index is 12.9. The van der Waals surface area contributed by atoms with Crippen molar-refractivity contribution in [2.45, 2.75) is 43.9 Å². The Labute approximate surface area is 133 Å². The molecule has 0 saturated carbocycles. The maximum atomic E-state index is 12.9. The maximum Gasteiger partial charge on any atom is 0.418 e. The summed E-state index contributed by atoms with van der Waals surface area (Å²) in [7, 11) is 0. The highest BCUT2D eigenvalue weighted by Gasteiger charge is 2.34. The van der Waals surface area contributed by atoms with Crippen molar-refractivity contribution in [2.75, 3.05) is 18.4 Å². The van der Waals surface area contributed by atoms with Crippen LogP contribution in [0.4, 0.5) is 23.7 Å². The lowest BCUT2D eigenvalue weighted by Crippen LogP contribution is -2.48. The number of amides is 2. The number of fused-ring (bicyclic) bond motifs is 1. The van der Waals surface area contributed by atoms with E-state index in [0.29, 0.717) is 6.04 Å². The van der Waals surface area contributed by atoms with Crippen molar-refractivity contribution in [3.8, 4) is 0 Å². The lowest BCUT2D eigenvalue weighted by molar-refractivity contribution is -0.136. The van der Waals surface area contributed by atoms with Crippen molar-refractivity contribution in [2.24, 2.45) is 0 Å². The number of nitrogens with one attached hydrogen (secondary N) is 2. The fourth-order valence-electron chi connectivity index (χ4n) is 3.54. The monoisotopic (exact) mass is 327 g/mol. The van der Waals surface area contributed by atoms with Crippen LogP contribution < -0.4 is 10.6 Å². The second-order valence-electron chi connectivity index (χ2n) is 6.20. The summed E-state index contributed by atoms with van der Waals surface area (Å²) in [5, 5.41) is 5.15. The molecule has 0 unspecified atom stereocenters. The third kappa shape index (κ3) is 3.77. The molecule has 4 nitrogen and oxygen atoms in total. The standard InChI is InChI=1S/C16H20F3N3O/c17-16(18,19)13-5-1-2-6-14(13)21-15(23)20-11-7-9-22-8-3-4-12(22)10-11/h1-2,5-6,11-12H,3-4,7-10H2,(H2,20,21,23)/t11-,12+/m1/s1. The molecule has 1 aromatic carbocycles. The zero-order valence-electron chi connectivity index (χ0n) is 12.7. The number of halogens is 3. The Hall–Kier alpha value is -1.76. The van der Waals surface area contributed by atoms with Gasteiger partial charge < -0.3 is 15.5 Å². The van der Waals surface area contributed by atoms with E-state index in [0.717, 1.165) is 38.4 Å². The Morgan fingerprint density at radius 3 is 2.74 bits per heavy atom. The average molecular weight is 327 g/mol. The van der Waals surface area contributed by atoms with Crippen molar-refractivity contribution in [1.82, 2.24) is 10.2 Å². The van der Waals surface area contributed by atoms with E-state index in [-0.39, 0.29) is 11.7 Å². The fraction of sp³-hybridized carbons (Fsp3) is 0.562. The number of urea groups is 1. The SMILES string of the molecule is O=C(Nc1ccccc1C(F)(F)F)N[C@@H]1CCN2CCC[C@H]2C1. The van der Waals surface area contributed by atoms with Gasteiger partial charge in [0.15, 0.2) is 0 Å². The topological polar surface area (TPSA) is 44.4 Å². The van der Waals surface area contributed by atoms with Gasteiger partial charge in [-0.05, 0) is 44.4 Å². The highest BCUT2D eigenvalue weighted by atomic mass is 19.4. The van der Waals surface area contributed by atoms with Crippen molar-refractivity contribution in [1.29, 1.82) is 0 Å². The van der Waals surface area contributed by atoms with Gasteiger partial charge in [-0.3, -0.25) is 0 Å². The molecule has 0 spiro atoms. The van der Waals surface area contributed by atoms with E-state index in [2.05, 4.69) is 15.5 Å². The van der Waals surface area contributed by atoms with Crippen LogP contribution in [0.5, 0.6) is 0 Å². The molecule has 126 valence electrons.